The molecule has 0 unspecified atom stereocenters. The molecule has 21 heavy (non-hydrogen) atoms. The zero-order valence-corrected chi connectivity index (χ0v) is 12.6. The summed E-state index contributed by atoms with van der Waals surface area (Å²) in [6, 6.07) is 7.51. The molecule has 2 heterocycles. The fourth-order valence-electron chi connectivity index (χ4n) is 2.03. The normalized spacial score (nSPS) is 11.2. The van der Waals surface area contributed by atoms with Crippen molar-refractivity contribution in [3.05, 3.63) is 35.0 Å². The fourth-order valence-corrected chi connectivity index (χ4v) is 2.98. The van der Waals surface area contributed by atoms with Crippen LogP contribution in [0.2, 0.25) is 0 Å². The number of carbonyl (C=O) groups is 1. The first-order valence-corrected chi connectivity index (χ1v) is 7.52. The number of nitrogens with one attached hydrogen (secondary N) is 2. The SMILES string of the molecule is CC(C)Cc1nnc(NC(=O)c2n[nH]c3ccccc23)s1. The molecule has 0 atom stereocenters. The maximum Gasteiger partial charge on any atom is 0.278 e. The van der Waals surface area contributed by atoms with Crippen LogP contribution in [0, 0.1) is 5.92 Å². The topological polar surface area (TPSA) is 83.6 Å². The van der Waals surface area contributed by atoms with Crippen molar-refractivity contribution in [2.75, 3.05) is 5.32 Å². The van der Waals surface area contributed by atoms with Gasteiger partial charge in [-0.05, 0) is 12.0 Å². The van der Waals surface area contributed by atoms with Crippen molar-refractivity contribution in [3.63, 3.8) is 0 Å². The van der Waals surface area contributed by atoms with E-state index >= 15 is 0 Å². The highest BCUT2D eigenvalue weighted by atomic mass is 32.1. The zero-order valence-electron chi connectivity index (χ0n) is 11.8. The molecule has 7 heteroatoms. The number of nitrogens with zero attached hydrogens (tertiary/aromatic N) is 3. The van der Waals surface area contributed by atoms with Gasteiger partial charge >= 0.3 is 0 Å². The number of para-hydroxylation sites is 1. The molecule has 0 aliphatic carbocycles. The average molecular weight is 301 g/mol. The number of aromatic amines is 1. The third-order valence-electron chi connectivity index (χ3n) is 2.96. The Balaban J connectivity index is 1.78. The summed E-state index contributed by atoms with van der Waals surface area (Å²) in [5.41, 5.74) is 1.20. The Kier molecular flexibility index (Phi) is 3.66. The molecule has 1 aromatic carbocycles. The Hall–Kier alpha value is -2.28. The largest absolute Gasteiger partial charge is 0.295 e. The monoisotopic (exact) mass is 301 g/mol. The van der Waals surface area contributed by atoms with E-state index in [-0.39, 0.29) is 5.91 Å². The number of aromatic nitrogens is 4. The van der Waals surface area contributed by atoms with E-state index in [0.29, 0.717) is 16.7 Å². The lowest BCUT2D eigenvalue weighted by molar-refractivity contribution is 0.102. The lowest BCUT2D eigenvalue weighted by Gasteiger charge is -1.98. The first kappa shape index (κ1) is 13.7. The van der Waals surface area contributed by atoms with Gasteiger partial charge in [-0.1, -0.05) is 43.4 Å². The van der Waals surface area contributed by atoms with Gasteiger partial charge in [0, 0.05) is 11.8 Å². The van der Waals surface area contributed by atoms with Crippen molar-refractivity contribution in [2.45, 2.75) is 20.3 Å². The number of H-pyrrole nitrogens is 1. The van der Waals surface area contributed by atoms with Crippen molar-refractivity contribution in [3.8, 4) is 0 Å². The van der Waals surface area contributed by atoms with Crippen LogP contribution in [0.4, 0.5) is 5.13 Å². The zero-order chi connectivity index (χ0) is 14.8. The van der Waals surface area contributed by atoms with Gasteiger partial charge in [-0.25, -0.2) is 0 Å². The quantitative estimate of drug-likeness (QED) is 0.776. The molecule has 6 nitrogen and oxygen atoms in total. The number of hydrogen-bond donors (Lipinski definition) is 2. The van der Waals surface area contributed by atoms with Crippen LogP contribution in [-0.4, -0.2) is 26.3 Å². The van der Waals surface area contributed by atoms with Crippen molar-refractivity contribution in [1.29, 1.82) is 0 Å². The van der Waals surface area contributed by atoms with Gasteiger partial charge in [0.15, 0.2) is 5.69 Å². The van der Waals surface area contributed by atoms with Crippen molar-refractivity contribution >= 4 is 33.3 Å². The van der Waals surface area contributed by atoms with Crippen LogP contribution in [0.1, 0.15) is 29.3 Å². The smallest absolute Gasteiger partial charge is 0.278 e. The molecular weight excluding hydrogens is 286 g/mol. The third-order valence-corrected chi connectivity index (χ3v) is 3.82. The molecule has 3 aromatic rings. The number of fused-ring (bicyclic) bond motifs is 1. The van der Waals surface area contributed by atoms with E-state index in [9.17, 15) is 4.79 Å². The van der Waals surface area contributed by atoms with E-state index in [1.54, 1.807) is 0 Å². The van der Waals surface area contributed by atoms with E-state index in [4.69, 9.17) is 0 Å². The molecular formula is C14H15N5OS. The van der Waals surface area contributed by atoms with Gasteiger partial charge in [-0.3, -0.25) is 15.2 Å². The molecule has 0 radical (unpaired) electrons. The van der Waals surface area contributed by atoms with Crippen LogP contribution in [0.3, 0.4) is 0 Å². The Morgan fingerprint density at radius 3 is 2.95 bits per heavy atom. The molecule has 0 fully saturated rings. The first-order chi connectivity index (χ1) is 10.1. The van der Waals surface area contributed by atoms with E-state index in [2.05, 4.69) is 39.6 Å². The minimum Gasteiger partial charge on any atom is -0.295 e. The Morgan fingerprint density at radius 2 is 2.14 bits per heavy atom. The second-order valence-electron chi connectivity index (χ2n) is 5.17. The van der Waals surface area contributed by atoms with Crippen LogP contribution in [0.5, 0.6) is 0 Å². The standard InChI is InChI=1S/C14H15N5OS/c1-8(2)7-11-17-19-14(21-11)15-13(20)12-9-5-3-4-6-10(9)16-18-12/h3-6,8H,7H2,1-2H3,(H,16,18)(H,15,19,20). The number of anilines is 1. The number of benzene rings is 1. The number of hydrogen-bond acceptors (Lipinski definition) is 5. The fraction of sp³-hybridized carbons (Fsp3) is 0.286. The third kappa shape index (κ3) is 2.92. The molecule has 1 amide bonds. The first-order valence-electron chi connectivity index (χ1n) is 6.70. The number of rotatable bonds is 4. The summed E-state index contributed by atoms with van der Waals surface area (Å²) in [5.74, 6) is 0.233. The average Bonchev–Trinajstić information content (AvgIpc) is 3.04. The van der Waals surface area contributed by atoms with Crippen molar-refractivity contribution in [1.82, 2.24) is 20.4 Å². The predicted octanol–water partition coefficient (Wildman–Crippen LogP) is 2.87. The highest BCUT2D eigenvalue weighted by Gasteiger charge is 2.16. The lowest BCUT2D eigenvalue weighted by atomic mass is 10.1. The summed E-state index contributed by atoms with van der Waals surface area (Å²) >= 11 is 1.40. The molecule has 0 saturated heterocycles. The van der Waals surface area contributed by atoms with Gasteiger partial charge in [0.2, 0.25) is 5.13 Å². The summed E-state index contributed by atoms with van der Waals surface area (Å²) in [5, 5.41) is 20.0. The van der Waals surface area contributed by atoms with Gasteiger partial charge in [-0.15, -0.1) is 10.2 Å². The van der Waals surface area contributed by atoms with Crippen LogP contribution in [0.15, 0.2) is 24.3 Å². The number of amides is 1. The molecule has 0 aliphatic rings. The van der Waals surface area contributed by atoms with Crippen LogP contribution in [0.25, 0.3) is 10.9 Å². The molecule has 0 aliphatic heterocycles. The van der Waals surface area contributed by atoms with Crippen molar-refractivity contribution < 1.29 is 4.79 Å². The van der Waals surface area contributed by atoms with Gasteiger partial charge in [0.05, 0.1) is 5.52 Å². The molecule has 108 valence electrons. The van der Waals surface area contributed by atoms with Gasteiger partial charge < -0.3 is 0 Å². The summed E-state index contributed by atoms with van der Waals surface area (Å²) in [7, 11) is 0. The lowest BCUT2D eigenvalue weighted by Crippen LogP contribution is -2.12. The van der Waals surface area contributed by atoms with E-state index in [0.717, 1.165) is 22.3 Å². The summed E-state index contributed by atoms with van der Waals surface area (Å²) in [4.78, 5) is 12.3. The van der Waals surface area contributed by atoms with E-state index in [1.165, 1.54) is 11.3 Å². The minimum absolute atomic E-state index is 0.278. The van der Waals surface area contributed by atoms with Gasteiger partial charge in [0.25, 0.3) is 5.91 Å². The highest BCUT2D eigenvalue weighted by Crippen LogP contribution is 2.20. The molecule has 0 saturated carbocycles. The summed E-state index contributed by atoms with van der Waals surface area (Å²) in [6.07, 6.45) is 0.860. The van der Waals surface area contributed by atoms with E-state index < -0.39 is 0 Å². The van der Waals surface area contributed by atoms with Crippen LogP contribution in [-0.2, 0) is 6.42 Å². The van der Waals surface area contributed by atoms with Gasteiger partial charge in [0.1, 0.15) is 5.01 Å². The molecule has 0 bridgehead atoms. The molecule has 2 aromatic heterocycles. The summed E-state index contributed by atoms with van der Waals surface area (Å²) < 4.78 is 0. The van der Waals surface area contributed by atoms with Crippen molar-refractivity contribution in [2.24, 2.45) is 5.92 Å². The second-order valence-corrected chi connectivity index (χ2v) is 6.23. The van der Waals surface area contributed by atoms with Gasteiger partial charge in [-0.2, -0.15) is 5.10 Å². The van der Waals surface area contributed by atoms with Crippen LogP contribution >= 0.6 is 11.3 Å². The number of carbonyl (C=O) groups excluding carboxylic acids is 1. The minimum atomic E-state index is -0.278. The molecule has 0 spiro atoms. The van der Waals surface area contributed by atoms with E-state index in [1.807, 2.05) is 24.3 Å². The second kappa shape index (κ2) is 5.61. The van der Waals surface area contributed by atoms with Crippen LogP contribution < -0.4 is 5.32 Å². The molecule has 3 rings (SSSR count). The maximum absolute atomic E-state index is 12.3. The Bertz CT molecular complexity index is 776. The Labute approximate surface area is 125 Å². The highest BCUT2D eigenvalue weighted by molar-refractivity contribution is 7.15. The Morgan fingerprint density at radius 1 is 1.33 bits per heavy atom. The predicted molar refractivity (Wildman–Crippen MR) is 82.5 cm³/mol. The molecule has 2 N–H and O–H groups in total. The summed E-state index contributed by atoms with van der Waals surface area (Å²) in [6.45, 7) is 4.24. The maximum atomic E-state index is 12.3.